The van der Waals surface area contributed by atoms with E-state index in [1.165, 1.54) is 250 Å². The molecule has 0 aromatic heterocycles. The molecule has 9 atom stereocenters. The van der Waals surface area contributed by atoms with Crippen molar-refractivity contribution in [3.05, 3.63) is 36.5 Å². The largest absolute Gasteiger partial charge is 0.394 e. The molecule has 0 aromatic rings. The molecule has 0 bridgehead atoms. The minimum absolute atomic E-state index is 0.247. The third-order valence-electron chi connectivity index (χ3n) is 16.9. The van der Waals surface area contributed by atoms with Crippen LogP contribution in [-0.4, -0.2) is 110 Å². The maximum atomic E-state index is 13.2. The molecule has 478 valence electrons. The van der Waals surface area contributed by atoms with Crippen LogP contribution in [0.25, 0.3) is 0 Å². The highest BCUT2D eigenvalue weighted by Crippen LogP contribution is 2.24. The van der Waals surface area contributed by atoms with Crippen LogP contribution in [0.15, 0.2) is 36.5 Å². The van der Waals surface area contributed by atoms with Gasteiger partial charge in [0.2, 0.25) is 5.91 Å². The minimum Gasteiger partial charge on any atom is -0.394 e. The normalized spacial score (nSPS) is 19.3. The Hall–Kier alpha value is -1.67. The molecule has 11 heteroatoms. The molecule has 1 fully saturated rings. The molecule has 1 amide bonds. The van der Waals surface area contributed by atoms with Gasteiger partial charge < -0.3 is 50.5 Å². The molecule has 11 nitrogen and oxygen atoms in total. The van der Waals surface area contributed by atoms with E-state index in [0.717, 1.165) is 38.5 Å². The van der Waals surface area contributed by atoms with Gasteiger partial charge in [-0.1, -0.05) is 294 Å². The Morgan fingerprint density at radius 3 is 1.10 bits per heavy atom. The first-order chi connectivity index (χ1) is 39.7. The van der Waals surface area contributed by atoms with Crippen LogP contribution in [0, 0.1) is 0 Å². The van der Waals surface area contributed by atoms with Crippen LogP contribution in [0.2, 0.25) is 0 Å². The van der Waals surface area contributed by atoms with Crippen molar-refractivity contribution >= 4 is 5.91 Å². The number of hydrogen-bond acceptors (Lipinski definition) is 10. The highest BCUT2D eigenvalue weighted by molar-refractivity contribution is 5.80. The van der Waals surface area contributed by atoms with Crippen LogP contribution >= 0.6 is 0 Å². The average Bonchev–Trinajstić information content (AvgIpc) is 3.51. The van der Waals surface area contributed by atoms with Gasteiger partial charge in [0.25, 0.3) is 0 Å². The summed E-state index contributed by atoms with van der Waals surface area (Å²) in [7, 11) is 0. The summed E-state index contributed by atoms with van der Waals surface area (Å²) in [6.45, 7) is 3.49. The zero-order valence-electron chi connectivity index (χ0n) is 52.8. The fourth-order valence-corrected chi connectivity index (χ4v) is 11.3. The van der Waals surface area contributed by atoms with Crippen molar-refractivity contribution in [2.75, 3.05) is 13.2 Å². The smallest absolute Gasteiger partial charge is 0.249 e. The second-order valence-electron chi connectivity index (χ2n) is 24.6. The Morgan fingerprint density at radius 2 is 0.741 bits per heavy atom. The van der Waals surface area contributed by atoms with Gasteiger partial charge in [-0.05, 0) is 77.0 Å². The summed E-state index contributed by atoms with van der Waals surface area (Å²) in [6.07, 6.45) is 63.7. The van der Waals surface area contributed by atoms with Crippen LogP contribution < -0.4 is 5.32 Å². The van der Waals surface area contributed by atoms with Gasteiger partial charge in [-0.2, -0.15) is 0 Å². The summed E-state index contributed by atoms with van der Waals surface area (Å²) in [5, 5.41) is 76.4. The molecule has 0 aliphatic carbocycles. The lowest BCUT2D eigenvalue weighted by molar-refractivity contribution is -0.303. The summed E-state index contributed by atoms with van der Waals surface area (Å²) in [5.74, 6) is -0.706. The molecule has 9 unspecified atom stereocenters. The number of carbonyl (C=O) groups excluding carboxylic acids is 1. The lowest BCUT2D eigenvalue weighted by Gasteiger charge is -2.40. The lowest BCUT2D eigenvalue weighted by atomic mass is 9.98. The quantitative estimate of drug-likeness (QED) is 0.0215. The number of carbonyl (C=O) groups is 1. The molecule has 0 radical (unpaired) electrons. The molecular weight excluding hydrogens is 1010 g/mol. The SMILES string of the molecule is CCCCCCCCCCCCCC/C=C\CCCCCCCCCCCCCCC(O)C(=O)NC(COC1OC(CO)C(O)C(O)C1O)C(O)C(O)CCC/C=C/CC/C=C/CCCCCCCCCCCCCCCCCCC. The summed E-state index contributed by atoms with van der Waals surface area (Å²) < 4.78 is 11.2. The number of rotatable bonds is 61. The number of allylic oxidation sites excluding steroid dienone is 6. The van der Waals surface area contributed by atoms with E-state index < -0.39 is 74.2 Å². The average molecular weight is 1150 g/mol. The molecule has 1 heterocycles. The molecule has 81 heavy (non-hydrogen) atoms. The number of nitrogens with one attached hydrogen (secondary N) is 1. The third kappa shape index (κ3) is 46.3. The first-order valence-electron chi connectivity index (χ1n) is 34.9. The monoisotopic (exact) mass is 1150 g/mol. The van der Waals surface area contributed by atoms with E-state index in [1.54, 1.807) is 0 Å². The Balaban J connectivity index is 2.24. The number of aliphatic hydroxyl groups excluding tert-OH is 7. The molecular formula is C70H133NO10. The van der Waals surface area contributed by atoms with E-state index in [-0.39, 0.29) is 12.8 Å². The van der Waals surface area contributed by atoms with E-state index >= 15 is 0 Å². The molecule has 0 saturated carbocycles. The van der Waals surface area contributed by atoms with Crippen molar-refractivity contribution in [2.24, 2.45) is 0 Å². The highest BCUT2D eigenvalue weighted by atomic mass is 16.7. The number of hydrogen-bond donors (Lipinski definition) is 8. The van der Waals surface area contributed by atoms with Crippen molar-refractivity contribution < 1.29 is 50.0 Å². The van der Waals surface area contributed by atoms with E-state index in [0.29, 0.717) is 19.3 Å². The van der Waals surface area contributed by atoms with Gasteiger partial charge in [-0.15, -0.1) is 0 Å². The number of amides is 1. The number of ether oxygens (including phenoxy) is 2. The summed E-state index contributed by atoms with van der Waals surface area (Å²) in [5.41, 5.74) is 0. The molecule has 0 aromatic carbocycles. The summed E-state index contributed by atoms with van der Waals surface area (Å²) >= 11 is 0. The van der Waals surface area contributed by atoms with Crippen LogP contribution in [0.1, 0.15) is 335 Å². The van der Waals surface area contributed by atoms with E-state index in [4.69, 9.17) is 9.47 Å². The maximum Gasteiger partial charge on any atom is 0.249 e. The second-order valence-corrected chi connectivity index (χ2v) is 24.6. The zero-order chi connectivity index (χ0) is 58.9. The van der Waals surface area contributed by atoms with Crippen molar-refractivity contribution in [1.82, 2.24) is 5.32 Å². The van der Waals surface area contributed by atoms with Crippen LogP contribution in [0.5, 0.6) is 0 Å². The predicted octanol–water partition coefficient (Wildman–Crippen LogP) is 16.6. The number of unbranched alkanes of at least 4 members (excludes halogenated alkanes) is 43. The standard InChI is InChI=1S/C70H133NO10/c1-3-5-7-9-11-13-15-17-19-21-23-25-27-29-31-32-34-36-38-40-42-44-46-48-50-52-54-56-58-63(74)69(79)71-61(60-80-70-68(78)67(77)66(76)64(59-72)81-70)65(75)62(73)57-55-53-51-49-47-45-43-41-39-37-35-33-30-28-26-24-22-20-18-16-14-12-10-8-6-4-2/h29,31,41,43,49,51,61-68,70,72-78H,3-28,30,32-40,42,44-48,50,52-60H2,1-2H3,(H,71,79)/b31-29-,43-41+,51-49+. The second kappa shape index (κ2) is 58.7. The van der Waals surface area contributed by atoms with Crippen molar-refractivity contribution in [3.63, 3.8) is 0 Å². The Bertz CT molecular complexity index is 1410. The van der Waals surface area contributed by atoms with Gasteiger partial charge in [0.15, 0.2) is 6.29 Å². The minimum atomic E-state index is -1.67. The molecule has 8 N–H and O–H groups in total. The van der Waals surface area contributed by atoms with E-state index in [9.17, 15) is 40.5 Å². The predicted molar refractivity (Wildman–Crippen MR) is 339 cm³/mol. The highest BCUT2D eigenvalue weighted by Gasteiger charge is 2.44. The van der Waals surface area contributed by atoms with Gasteiger partial charge in [-0.25, -0.2) is 0 Å². The van der Waals surface area contributed by atoms with Crippen molar-refractivity contribution in [2.45, 2.75) is 390 Å². The van der Waals surface area contributed by atoms with E-state index in [1.807, 2.05) is 0 Å². The number of aliphatic hydroxyl groups is 7. The third-order valence-corrected chi connectivity index (χ3v) is 16.9. The van der Waals surface area contributed by atoms with Crippen molar-refractivity contribution in [1.29, 1.82) is 0 Å². The first-order valence-corrected chi connectivity index (χ1v) is 34.9. The first kappa shape index (κ1) is 77.3. The van der Waals surface area contributed by atoms with Gasteiger partial charge >= 0.3 is 0 Å². The topological polar surface area (TPSA) is 189 Å². The Morgan fingerprint density at radius 1 is 0.420 bits per heavy atom. The van der Waals surface area contributed by atoms with Gasteiger partial charge in [0, 0.05) is 0 Å². The van der Waals surface area contributed by atoms with Crippen LogP contribution in [0.3, 0.4) is 0 Å². The maximum absolute atomic E-state index is 13.2. The molecule has 1 rings (SSSR count). The van der Waals surface area contributed by atoms with Gasteiger partial charge in [0.05, 0.1) is 25.4 Å². The summed E-state index contributed by atoms with van der Waals surface area (Å²) in [6, 6.07) is -1.19. The molecule has 1 aliphatic heterocycles. The zero-order valence-corrected chi connectivity index (χ0v) is 52.8. The van der Waals surface area contributed by atoms with Crippen molar-refractivity contribution in [3.8, 4) is 0 Å². The summed E-state index contributed by atoms with van der Waals surface area (Å²) in [4.78, 5) is 13.2. The Labute approximate surface area is 498 Å². The van der Waals surface area contributed by atoms with Gasteiger partial charge in [0.1, 0.15) is 36.6 Å². The fraction of sp³-hybridized carbons (Fsp3) is 0.900. The van der Waals surface area contributed by atoms with E-state index in [2.05, 4.69) is 55.6 Å². The molecule has 0 spiro atoms. The molecule has 1 aliphatic rings. The van der Waals surface area contributed by atoms with Crippen LogP contribution in [-0.2, 0) is 14.3 Å². The van der Waals surface area contributed by atoms with Gasteiger partial charge in [-0.3, -0.25) is 4.79 Å². The van der Waals surface area contributed by atoms with Crippen LogP contribution in [0.4, 0.5) is 0 Å². The fourth-order valence-electron chi connectivity index (χ4n) is 11.3. The molecule has 1 saturated heterocycles. The Kier molecular flexibility index (Phi) is 56.0. The lowest BCUT2D eigenvalue weighted by Crippen LogP contribution is -2.60.